The Morgan fingerprint density at radius 2 is 1.88 bits per heavy atom. The van der Waals surface area contributed by atoms with Crippen LogP contribution in [0.4, 0.5) is 5.69 Å². The standard InChI is InChI=1S/C23H30N4O5/c1-5-11-31-19-9-8-16(22(28)32-12-10-26(6-2)7-3)13-18(19)27-15-17(14-24)20(25)21(27)23(29)30-4/h8-9,13,15H,5-7,10-12,25H2,1-4H3. The van der Waals surface area contributed by atoms with Crippen molar-refractivity contribution in [2.75, 3.05) is 45.7 Å². The molecule has 172 valence electrons. The van der Waals surface area contributed by atoms with E-state index in [1.165, 1.54) is 17.9 Å². The summed E-state index contributed by atoms with van der Waals surface area (Å²) in [5, 5.41) is 9.39. The van der Waals surface area contributed by atoms with Gasteiger partial charge in [-0.25, -0.2) is 9.59 Å². The van der Waals surface area contributed by atoms with Crippen LogP contribution in [0.5, 0.6) is 5.75 Å². The molecule has 2 N–H and O–H groups in total. The molecular formula is C23H30N4O5. The molecule has 9 heteroatoms. The topological polar surface area (TPSA) is 120 Å². The van der Waals surface area contributed by atoms with Crippen molar-refractivity contribution in [3.8, 4) is 17.5 Å². The molecule has 9 nitrogen and oxygen atoms in total. The molecule has 0 saturated heterocycles. The zero-order chi connectivity index (χ0) is 23.7. The maximum Gasteiger partial charge on any atom is 0.357 e. The molecule has 0 unspecified atom stereocenters. The number of benzene rings is 1. The van der Waals surface area contributed by atoms with Crippen LogP contribution in [-0.4, -0.2) is 61.4 Å². The lowest BCUT2D eigenvalue weighted by Gasteiger charge is -2.18. The summed E-state index contributed by atoms with van der Waals surface area (Å²) in [6, 6.07) is 6.75. The van der Waals surface area contributed by atoms with Crippen LogP contribution >= 0.6 is 0 Å². The molecule has 0 fully saturated rings. The predicted octanol–water partition coefficient (Wildman–Crippen LogP) is 3.01. The van der Waals surface area contributed by atoms with Crippen molar-refractivity contribution in [1.29, 1.82) is 5.26 Å². The van der Waals surface area contributed by atoms with Crippen LogP contribution in [0.15, 0.2) is 24.4 Å². The van der Waals surface area contributed by atoms with E-state index in [1.54, 1.807) is 18.2 Å². The second-order valence-electron chi connectivity index (χ2n) is 6.97. The number of nitrogens with zero attached hydrogens (tertiary/aromatic N) is 3. The van der Waals surface area contributed by atoms with E-state index in [-0.39, 0.29) is 29.1 Å². The average Bonchev–Trinajstić information content (AvgIpc) is 3.15. The van der Waals surface area contributed by atoms with Gasteiger partial charge < -0.3 is 29.4 Å². The monoisotopic (exact) mass is 442 g/mol. The Morgan fingerprint density at radius 3 is 2.47 bits per heavy atom. The highest BCUT2D eigenvalue weighted by Gasteiger charge is 2.24. The lowest BCUT2D eigenvalue weighted by molar-refractivity contribution is 0.0466. The SMILES string of the molecule is CCCOc1ccc(C(=O)OCCN(CC)CC)cc1-n1cc(C#N)c(N)c1C(=O)OC. The molecule has 0 amide bonds. The van der Waals surface area contributed by atoms with Gasteiger partial charge in [-0.1, -0.05) is 20.8 Å². The van der Waals surface area contributed by atoms with E-state index in [0.29, 0.717) is 24.6 Å². The van der Waals surface area contributed by atoms with E-state index in [9.17, 15) is 14.9 Å². The number of ether oxygens (including phenoxy) is 3. The number of rotatable bonds is 11. The Hall–Kier alpha value is -3.51. The smallest absolute Gasteiger partial charge is 0.357 e. The first-order valence-corrected chi connectivity index (χ1v) is 10.6. The van der Waals surface area contributed by atoms with Crippen molar-refractivity contribution in [3.05, 3.63) is 41.2 Å². The highest BCUT2D eigenvalue weighted by Crippen LogP contribution is 2.31. The van der Waals surface area contributed by atoms with Crippen LogP contribution in [0.25, 0.3) is 5.69 Å². The molecule has 0 bridgehead atoms. The van der Waals surface area contributed by atoms with E-state index < -0.39 is 11.9 Å². The number of hydrogen-bond donors (Lipinski definition) is 1. The van der Waals surface area contributed by atoms with Crippen molar-refractivity contribution in [2.24, 2.45) is 0 Å². The maximum absolute atomic E-state index is 12.7. The maximum atomic E-state index is 12.7. The van der Waals surface area contributed by atoms with Gasteiger partial charge in [0, 0.05) is 12.7 Å². The second-order valence-corrected chi connectivity index (χ2v) is 6.97. The quantitative estimate of drug-likeness (QED) is 0.527. The number of nitriles is 1. The molecule has 0 aliphatic carbocycles. The van der Waals surface area contributed by atoms with E-state index in [1.807, 2.05) is 26.8 Å². The van der Waals surface area contributed by atoms with Crippen molar-refractivity contribution in [2.45, 2.75) is 27.2 Å². The van der Waals surface area contributed by atoms with E-state index in [0.717, 1.165) is 19.5 Å². The van der Waals surface area contributed by atoms with Crippen LogP contribution in [0.1, 0.15) is 53.6 Å². The van der Waals surface area contributed by atoms with Gasteiger partial charge in [0.1, 0.15) is 18.4 Å². The molecule has 0 aliphatic heterocycles. The minimum Gasteiger partial charge on any atom is -0.491 e. The number of hydrogen-bond acceptors (Lipinski definition) is 8. The molecule has 1 aromatic heterocycles. The number of anilines is 1. The molecule has 0 saturated carbocycles. The molecule has 0 radical (unpaired) electrons. The number of aromatic nitrogens is 1. The third kappa shape index (κ3) is 5.59. The van der Waals surface area contributed by atoms with Crippen molar-refractivity contribution < 1.29 is 23.8 Å². The fourth-order valence-electron chi connectivity index (χ4n) is 3.16. The number of methoxy groups -OCH3 is 1. The van der Waals surface area contributed by atoms with Gasteiger partial charge in [-0.05, 0) is 37.7 Å². The van der Waals surface area contributed by atoms with Crippen molar-refractivity contribution in [1.82, 2.24) is 9.47 Å². The number of likely N-dealkylation sites (N-methyl/N-ethyl adjacent to an activating group) is 1. The molecule has 2 aromatic rings. The molecule has 1 aromatic carbocycles. The fourth-order valence-corrected chi connectivity index (χ4v) is 3.16. The van der Waals surface area contributed by atoms with E-state index in [2.05, 4.69) is 4.90 Å². The number of carbonyl (C=O) groups is 2. The summed E-state index contributed by atoms with van der Waals surface area (Å²) in [5.74, 6) is -0.783. The van der Waals surface area contributed by atoms with Gasteiger partial charge in [0.15, 0.2) is 5.69 Å². The van der Waals surface area contributed by atoms with E-state index >= 15 is 0 Å². The first-order chi connectivity index (χ1) is 15.4. The molecular weight excluding hydrogens is 412 g/mol. The highest BCUT2D eigenvalue weighted by molar-refractivity contribution is 5.96. The Labute approximate surface area is 188 Å². The number of carbonyl (C=O) groups excluding carboxylic acids is 2. The number of nitrogens with two attached hydrogens (primary N) is 1. The van der Waals surface area contributed by atoms with E-state index in [4.69, 9.17) is 19.9 Å². The van der Waals surface area contributed by atoms with Crippen LogP contribution in [-0.2, 0) is 9.47 Å². The van der Waals surface area contributed by atoms with Gasteiger partial charge in [0.05, 0.1) is 36.2 Å². The van der Waals surface area contributed by atoms with Gasteiger partial charge in [-0.2, -0.15) is 5.26 Å². The Morgan fingerprint density at radius 1 is 1.16 bits per heavy atom. The largest absolute Gasteiger partial charge is 0.491 e. The summed E-state index contributed by atoms with van der Waals surface area (Å²) in [5.41, 5.74) is 6.77. The summed E-state index contributed by atoms with van der Waals surface area (Å²) in [6.07, 6.45) is 2.18. The highest BCUT2D eigenvalue weighted by atomic mass is 16.5. The van der Waals surface area contributed by atoms with Crippen LogP contribution < -0.4 is 10.5 Å². The van der Waals surface area contributed by atoms with Crippen LogP contribution in [0.3, 0.4) is 0 Å². The molecule has 2 rings (SSSR count). The molecule has 0 spiro atoms. The van der Waals surface area contributed by atoms with Gasteiger partial charge >= 0.3 is 11.9 Å². The van der Waals surface area contributed by atoms with Crippen LogP contribution in [0, 0.1) is 11.3 Å². The third-order valence-electron chi connectivity index (χ3n) is 4.99. The molecule has 0 atom stereocenters. The zero-order valence-electron chi connectivity index (χ0n) is 19.0. The fraction of sp³-hybridized carbons (Fsp3) is 0.435. The Balaban J connectivity index is 2.46. The molecule has 32 heavy (non-hydrogen) atoms. The Bertz CT molecular complexity index is 989. The normalized spacial score (nSPS) is 10.6. The lowest BCUT2D eigenvalue weighted by Crippen LogP contribution is -2.27. The summed E-state index contributed by atoms with van der Waals surface area (Å²) in [7, 11) is 1.23. The zero-order valence-corrected chi connectivity index (χ0v) is 19.0. The lowest BCUT2D eigenvalue weighted by atomic mass is 10.1. The molecule has 0 aliphatic rings. The predicted molar refractivity (Wildman–Crippen MR) is 120 cm³/mol. The first-order valence-electron chi connectivity index (χ1n) is 10.6. The van der Waals surface area contributed by atoms with Crippen molar-refractivity contribution >= 4 is 17.6 Å². The number of nitrogen functional groups attached to an aromatic ring is 1. The molecule has 1 heterocycles. The Kier molecular flexibility index (Phi) is 9.10. The van der Waals surface area contributed by atoms with Gasteiger partial charge in [-0.3, -0.25) is 0 Å². The van der Waals surface area contributed by atoms with Crippen molar-refractivity contribution in [3.63, 3.8) is 0 Å². The van der Waals surface area contributed by atoms with Gasteiger partial charge in [-0.15, -0.1) is 0 Å². The minimum atomic E-state index is -0.711. The summed E-state index contributed by atoms with van der Waals surface area (Å²) >= 11 is 0. The van der Waals surface area contributed by atoms with Crippen LogP contribution in [0.2, 0.25) is 0 Å². The van der Waals surface area contributed by atoms with Gasteiger partial charge in [0.2, 0.25) is 0 Å². The number of esters is 2. The van der Waals surface area contributed by atoms with Gasteiger partial charge in [0.25, 0.3) is 0 Å². The summed E-state index contributed by atoms with van der Waals surface area (Å²) < 4.78 is 17.5. The second kappa shape index (κ2) is 11.8. The third-order valence-corrected chi connectivity index (χ3v) is 4.99. The first kappa shape index (κ1) is 24.8. The minimum absolute atomic E-state index is 0.00649. The summed E-state index contributed by atoms with van der Waals surface area (Å²) in [6.45, 7) is 9.11. The summed E-state index contributed by atoms with van der Waals surface area (Å²) in [4.78, 5) is 27.2. The average molecular weight is 443 g/mol.